The summed E-state index contributed by atoms with van der Waals surface area (Å²) in [5.41, 5.74) is 1.30. The lowest BCUT2D eigenvalue weighted by Gasteiger charge is -1.68. The standard InChI is InChI=1S/C5H6IN/c1-4-2-5(6)7-3-4/h2-3,7H,1H3. The van der Waals surface area contributed by atoms with Crippen LogP contribution in [0, 0.1) is 10.6 Å². The molecule has 0 aliphatic heterocycles. The number of nitrogens with one attached hydrogen (secondary N) is 1. The number of aryl methyl sites for hydroxylation is 1. The van der Waals surface area contributed by atoms with Crippen LogP contribution in [0.1, 0.15) is 5.56 Å². The van der Waals surface area contributed by atoms with Crippen LogP contribution >= 0.6 is 22.6 Å². The van der Waals surface area contributed by atoms with Gasteiger partial charge in [0.2, 0.25) is 0 Å². The zero-order chi connectivity index (χ0) is 5.28. The molecule has 0 aliphatic carbocycles. The van der Waals surface area contributed by atoms with Crippen molar-refractivity contribution in [1.29, 1.82) is 0 Å². The van der Waals surface area contributed by atoms with Crippen molar-refractivity contribution in [3.63, 3.8) is 0 Å². The Morgan fingerprint density at radius 3 is 2.57 bits per heavy atom. The number of aromatic nitrogens is 1. The Morgan fingerprint density at radius 1 is 1.71 bits per heavy atom. The van der Waals surface area contributed by atoms with Crippen LogP contribution in [0.25, 0.3) is 0 Å². The van der Waals surface area contributed by atoms with E-state index in [1.165, 1.54) is 9.26 Å². The molecule has 1 aromatic heterocycles. The molecule has 1 aromatic rings. The third-order valence-electron chi connectivity index (χ3n) is 0.792. The van der Waals surface area contributed by atoms with Crippen molar-refractivity contribution in [1.82, 2.24) is 4.98 Å². The molecule has 0 amide bonds. The van der Waals surface area contributed by atoms with Gasteiger partial charge >= 0.3 is 0 Å². The zero-order valence-electron chi connectivity index (χ0n) is 4.03. The number of rotatable bonds is 0. The predicted molar refractivity (Wildman–Crippen MR) is 38.2 cm³/mol. The molecule has 0 atom stereocenters. The number of halogens is 1. The second-order valence-corrected chi connectivity index (χ2v) is 2.69. The van der Waals surface area contributed by atoms with Gasteiger partial charge in [0.1, 0.15) is 0 Å². The van der Waals surface area contributed by atoms with Crippen LogP contribution in [0.2, 0.25) is 0 Å². The molecule has 0 aliphatic rings. The van der Waals surface area contributed by atoms with Gasteiger partial charge in [-0.05, 0) is 41.1 Å². The van der Waals surface area contributed by atoms with Crippen LogP contribution < -0.4 is 0 Å². The third kappa shape index (κ3) is 1.19. The lowest BCUT2D eigenvalue weighted by Crippen LogP contribution is -1.57. The largest absolute Gasteiger partial charge is 0.356 e. The molecule has 0 bridgehead atoms. The Morgan fingerprint density at radius 2 is 2.43 bits per heavy atom. The summed E-state index contributed by atoms with van der Waals surface area (Å²) in [7, 11) is 0. The van der Waals surface area contributed by atoms with Gasteiger partial charge in [-0.2, -0.15) is 0 Å². The average Bonchev–Trinajstić information content (AvgIpc) is 1.87. The van der Waals surface area contributed by atoms with Gasteiger partial charge in [0, 0.05) is 6.20 Å². The first kappa shape index (κ1) is 5.15. The highest BCUT2D eigenvalue weighted by Crippen LogP contribution is 2.02. The quantitative estimate of drug-likeness (QED) is 0.625. The summed E-state index contributed by atoms with van der Waals surface area (Å²) in [5.74, 6) is 0. The zero-order valence-corrected chi connectivity index (χ0v) is 6.19. The number of H-pyrrole nitrogens is 1. The minimum Gasteiger partial charge on any atom is -0.356 e. The van der Waals surface area contributed by atoms with Gasteiger partial charge in [0.25, 0.3) is 0 Å². The van der Waals surface area contributed by atoms with Crippen molar-refractivity contribution in [2.75, 3.05) is 0 Å². The van der Waals surface area contributed by atoms with Gasteiger partial charge in [-0.3, -0.25) is 0 Å². The number of hydrogen-bond donors (Lipinski definition) is 1. The molecule has 0 unspecified atom stereocenters. The van der Waals surface area contributed by atoms with Gasteiger partial charge in [-0.15, -0.1) is 0 Å². The van der Waals surface area contributed by atoms with Crippen LogP contribution in [-0.2, 0) is 0 Å². The van der Waals surface area contributed by atoms with Gasteiger partial charge < -0.3 is 4.98 Å². The molecule has 0 aromatic carbocycles. The molecule has 7 heavy (non-hydrogen) atoms. The van der Waals surface area contributed by atoms with E-state index in [0.29, 0.717) is 0 Å². The van der Waals surface area contributed by atoms with E-state index in [-0.39, 0.29) is 0 Å². The first-order chi connectivity index (χ1) is 3.29. The summed E-state index contributed by atoms with van der Waals surface area (Å²) in [6, 6.07) is 2.10. The van der Waals surface area contributed by atoms with Crippen molar-refractivity contribution < 1.29 is 0 Å². The van der Waals surface area contributed by atoms with E-state index in [2.05, 4.69) is 40.6 Å². The average molecular weight is 207 g/mol. The molecule has 0 fully saturated rings. The molecule has 1 nitrogen and oxygen atoms in total. The van der Waals surface area contributed by atoms with Gasteiger partial charge in [0.15, 0.2) is 0 Å². The normalized spacial score (nSPS) is 9.43. The Balaban J connectivity index is 3.04. The van der Waals surface area contributed by atoms with E-state index in [0.717, 1.165) is 0 Å². The fourth-order valence-corrected chi connectivity index (χ4v) is 1.11. The Bertz CT molecular complexity index is 140. The van der Waals surface area contributed by atoms with Gasteiger partial charge in [0.05, 0.1) is 3.70 Å². The Hall–Kier alpha value is 0.01000. The molecule has 1 heterocycles. The maximum absolute atomic E-state index is 3.05. The van der Waals surface area contributed by atoms with Gasteiger partial charge in [-0.25, -0.2) is 0 Å². The van der Waals surface area contributed by atoms with Crippen molar-refractivity contribution in [2.45, 2.75) is 6.92 Å². The van der Waals surface area contributed by atoms with Crippen molar-refractivity contribution in [3.05, 3.63) is 21.5 Å². The minimum absolute atomic E-state index is 1.20. The summed E-state index contributed by atoms with van der Waals surface area (Å²) in [6.45, 7) is 2.07. The molecule has 38 valence electrons. The van der Waals surface area contributed by atoms with E-state index in [9.17, 15) is 0 Å². The topological polar surface area (TPSA) is 15.8 Å². The van der Waals surface area contributed by atoms with Gasteiger partial charge in [-0.1, -0.05) is 0 Å². The molecule has 0 spiro atoms. The summed E-state index contributed by atoms with van der Waals surface area (Å²) in [5, 5.41) is 0. The van der Waals surface area contributed by atoms with Crippen LogP contribution in [0.5, 0.6) is 0 Å². The smallest absolute Gasteiger partial charge is 0.0774 e. The van der Waals surface area contributed by atoms with Crippen molar-refractivity contribution in [3.8, 4) is 0 Å². The number of aromatic amines is 1. The first-order valence-electron chi connectivity index (χ1n) is 2.09. The lowest BCUT2D eigenvalue weighted by molar-refractivity contribution is 1.34. The summed E-state index contributed by atoms with van der Waals surface area (Å²) < 4.78 is 1.20. The maximum Gasteiger partial charge on any atom is 0.0774 e. The summed E-state index contributed by atoms with van der Waals surface area (Å²) in [4.78, 5) is 3.05. The fraction of sp³-hybridized carbons (Fsp3) is 0.200. The monoisotopic (exact) mass is 207 g/mol. The predicted octanol–water partition coefficient (Wildman–Crippen LogP) is 1.93. The van der Waals surface area contributed by atoms with Crippen molar-refractivity contribution in [2.24, 2.45) is 0 Å². The van der Waals surface area contributed by atoms with E-state index >= 15 is 0 Å². The minimum atomic E-state index is 1.20. The molecular formula is C5H6IN. The van der Waals surface area contributed by atoms with E-state index in [1.54, 1.807) is 0 Å². The Kier molecular flexibility index (Phi) is 1.37. The second-order valence-electron chi connectivity index (χ2n) is 1.52. The van der Waals surface area contributed by atoms with E-state index in [1.807, 2.05) is 6.20 Å². The van der Waals surface area contributed by atoms with E-state index < -0.39 is 0 Å². The molecule has 0 radical (unpaired) electrons. The van der Waals surface area contributed by atoms with Crippen LogP contribution in [0.15, 0.2) is 12.3 Å². The SMILES string of the molecule is Cc1c[nH]c(I)c1. The second kappa shape index (κ2) is 1.86. The molecule has 2 heteroatoms. The molecule has 1 rings (SSSR count). The summed E-state index contributed by atoms with van der Waals surface area (Å²) >= 11 is 2.25. The maximum atomic E-state index is 3.05. The van der Waals surface area contributed by atoms with Crippen LogP contribution in [-0.4, -0.2) is 4.98 Å². The number of hydrogen-bond acceptors (Lipinski definition) is 0. The molecule has 1 N–H and O–H groups in total. The lowest BCUT2D eigenvalue weighted by atomic mass is 10.4. The summed E-state index contributed by atoms with van der Waals surface area (Å²) in [6.07, 6.45) is 1.99. The molecule has 0 saturated heterocycles. The first-order valence-corrected chi connectivity index (χ1v) is 3.17. The fourth-order valence-electron chi connectivity index (χ4n) is 0.466. The molecular weight excluding hydrogens is 201 g/mol. The van der Waals surface area contributed by atoms with E-state index in [4.69, 9.17) is 0 Å². The molecule has 0 saturated carbocycles. The highest BCUT2D eigenvalue weighted by Gasteiger charge is 1.84. The van der Waals surface area contributed by atoms with Crippen LogP contribution in [0.3, 0.4) is 0 Å². The highest BCUT2D eigenvalue weighted by atomic mass is 127. The third-order valence-corrected chi connectivity index (χ3v) is 1.41. The highest BCUT2D eigenvalue weighted by molar-refractivity contribution is 14.1. The van der Waals surface area contributed by atoms with Crippen molar-refractivity contribution >= 4 is 22.6 Å². The Labute approximate surface area is 56.3 Å². The van der Waals surface area contributed by atoms with Crippen LogP contribution in [0.4, 0.5) is 0 Å².